The lowest BCUT2D eigenvalue weighted by Crippen LogP contribution is -2.41. The minimum absolute atomic E-state index is 0.0490. The van der Waals surface area contributed by atoms with Crippen LogP contribution in [0, 0.1) is 11.7 Å². The SMILES string of the molecule is CC[C@@H](Oc1ccc2c(c1)[C@@H](c1cccc(F)c1)N(C(=O)CC(C)C)CC2)C(=O)NCc1ccccc1. The van der Waals surface area contributed by atoms with Crippen LogP contribution in [0.3, 0.4) is 0 Å². The fraction of sp³-hybridized carbons (Fsp3) is 0.355. The Bertz CT molecular complexity index is 1230. The molecule has 0 aliphatic carbocycles. The van der Waals surface area contributed by atoms with Gasteiger partial charge in [0.05, 0.1) is 6.04 Å². The first-order valence-corrected chi connectivity index (χ1v) is 13.0. The predicted molar refractivity (Wildman–Crippen MR) is 143 cm³/mol. The average molecular weight is 503 g/mol. The molecular weight excluding hydrogens is 467 g/mol. The number of carbonyl (C=O) groups is 2. The summed E-state index contributed by atoms with van der Waals surface area (Å²) in [4.78, 5) is 28.0. The van der Waals surface area contributed by atoms with E-state index in [2.05, 4.69) is 5.32 Å². The molecule has 1 heterocycles. The topological polar surface area (TPSA) is 58.6 Å². The Morgan fingerprint density at radius 1 is 1.05 bits per heavy atom. The summed E-state index contributed by atoms with van der Waals surface area (Å²) in [5.74, 6) is 0.304. The molecule has 0 spiro atoms. The van der Waals surface area contributed by atoms with Crippen LogP contribution in [0.15, 0.2) is 72.8 Å². The van der Waals surface area contributed by atoms with Crippen LogP contribution in [0.25, 0.3) is 0 Å². The fourth-order valence-electron chi connectivity index (χ4n) is 4.82. The Hall–Kier alpha value is -3.67. The fourth-order valence-corrected chi connectivity index (χ4v) is 4.82. The van der Waals surface area contributed by atoms with Crippen molar-refractivity contribution in [2.45, 2.75) is 58.7 Å². The molecule has 1 aliphatic rings. The standard InChI is InChI=1S/C31H35FN2O3/c1-4-28(31(36)33-20-22-9-6-5-7-10-22)37-26-14-13-23-15-16-34(29(35)17-21(2)3)30(27(23)19-26)24-11-8-12-25(32)18-24/h5-14,18-19,21,28,30H,4,15-17,20H2,1-3H3,(H,33,36)/t28-,30-/m1/s1. The summed E-state index contributed by atoms with van der Waals surface area (Å²) < 4.78 is 20.4. The van der Waals surface area contributed by atoms with Gasteiger partial charge in [-0.15, -0.1) is 0 Å². The normalized spacial score (nSPS) is 15.7. The third-order valence-electron chi connectivity index (χ3n) is 6.66. The number of fused-ring (bicyclic) bond motifs is 1. The number of hydrogen-bond acceptors (Lipinski definition) is 3. The van der Waals surface area contributed by atoms with E-state index in [0.717, 1.165) is 22.3 Å². The van der Waals surface area contributed by atoms with Crippen molar-refractivity contribution in [1.82, 2.24) is 10.2 Å². The third-order valence-corrected chi connectivity index (χ3v) is 6.66. The number of carbonyl (C=O) groups excluding carboxylic acids is 2. The molecule has 3 aromatic carbocycles. The van der Waals surface area contributed by atoms with Gasteiger partial charge in [0.1, 0.15) is 11.6 Å². The molecule has 0 unspecified atom stereocenters. The van der Waals surface area contributed by atoms with Crippen molar-refractivity contribution in [3.05, 3.63) is 101 Å². The molecule has 0 fully saturated rings. The van der Waals surface area contributed by atoms with Gasteiger partial charge >= 0.3 is 0 Å². The second kappa shape index (κ2) is 12.0. The summed E-state index contributed by atoms with van der Waals surface area (Å²) >= 11 is 0. The van der Waals surface area contributed by atoms with Crippen LogP contribution in [0.1, 0.15) is 61.9 Å². The molecule has 1 aliphatic heterocycles. The van der Waals surface area contributed by atoms with E-state index in [0.29, 0.717) is 38.1 Å². The number of halogens is 1. The third kappa shape index (κ3) is 6.56. The lowest BCUT2D eigenvalue weighted by molar-refractivity contribution is -0.134. The highest BCUT2D eigenvalue weighted by molar-refractivity contribution is 5.81. The largest absolute Gasteiger partial charge is 0.481 e. The first-order chi connectivity index (χ1) is 17.9. The first kappa shape index (κ1) is 26.4. The molecule has 2 atom stereocenters. The van der Waals surface area contributed by atoms with Gasteiger partial charge in [0, 0.05) is 19.5 Å². The van der Waals surface area contributed by atoms with Crippen molar-refractivity contribution in [3.8, 4) is 5.75 Å². The summed E-state index contributed by atoms with van der Waals surface area (Å²) in [6, 6.07) is 21.5. The van der Waals surface area contributed by atoms with Crippen LogP contribution < -0.4 is 10.1 Å². The van der Waals surface area contributed by atoms with E-state index in [4.69, 9.17) is 4.74 Å². The van der Waals surface area contributed by atoms with Gasteiger partial charge in [-0.25, -0.2) is 4.39 Å². The zero-order chi connectivity index (χ0) is 26.4. The molecule has 0 saturated carbocycles. The predicted octanol–water partition coefficient (Wildman–Crippen LogP) is 5.82. The van der Waals surface area contributed by atoms with E-state index in [-0.39, 0.29) is 23.5 Å². The van der Waals surface area contributed by atoms with E-state index in [9.17, 15) is 14.0 Å². The van der Waals surface area contributed by atoms with Crippen LogP contribution >= 0.6 is 0 Å². The van der Waals surface area contributed by atoms with E-state index in [1.54, 1.807) is 6.07 Å². The van der Waals surface area contributed by atoms with Gasteiger partial charge in [-0.3, -0.25) is 9.59 Å². The molecule has 0 bridgehead atoms. The lowest BCUT2D eigenvalue weighted by atomic mass is 9.87. The summed E-state index contributed by atoms with van der Waals surface area (Å²) in [6.45, 7) is 6.95. The molecule has 2 amide bonds. The highest BCUT2D eigenvalue weighted by Crippen LogP contribution is 2.38. The van der Waals surface area contributed by atoms with Crippen molar-refractivity contribution in [2.24, 2.45) is 5.92 Å². The van der Waals surface area contributed by atoms with E-state index in [1.807, 2.05) is 80.3 Å². The molecule has 3 aromatic rings. The summed E-state index contributed by atoms with van der Waals surface area (Å²) in [6.07, 6.45) is 0.984. The van der Waals surface area contributed by atoms with Crippen LogP contribution in [0.5, 0.6) is 5.75 Å². The van der Waals surface area contributed by atoms with Crippen molar-refractivity contribution in [2.75, 3.05) is 6.54 Å². The minimum atomic E-state index is -0.656. The average Bonchev–Trinajstić information content (AvgIpc) is 2.89. The lowest BCUT2D eigenvalue weighted by Gasteiger charge is -2.38. The van der Waals surface area contributed by atoms with Gasteiger partial charge in [0.15, 0.2) is 6.10 Å². The number of rotatable bonds is 9. The summed E-state index contributed by atoms with van der Waals surface area (Å²) in [7, 11) is 0. The van der Waals surface area contributed by atoms with Crippen LogP contribution in [0.4, 0.5) is 4.39 Å². The Labute approximate surface area is 218 Å². The molecular formula is C31H35FN2O3. The van der Waals surface area contributed by atoms with Gasteiger partial charge in [-0.05, 0) is 65.3 Å². The maximum atomic E-state index is 14.2. The van der Waals surface area contributed by atoms with Crippen LogP contribution in [-0.2, 0) is 22.6 Å². The second-order valence-electron chi connectivity index (χ2n) is 9.97. The first-order valence-electron chi connectivity index (χ1n) is 13.0. The number of amides is 2. The Morgan fingerprint density at radius 2 is 1.84 bits per heavy atom. The zero-order valence-corrected chi connectivity index (χ0v) is 21.7. The molecule has 194 valence electrons. The number of nitrogens with zero attached hydrogens (tertiary/aromatic N) is 1. The van der Waals surface area contributed by atoms with Crippen molar-refractivity contribution in [3.63, 3.8) is 0 Å². The zero-order valence-electron chi connectivity index (χ0n) is 21.7. The number of ether oxygens (including phenoxy) is 1. The Morgan fingerprint density at radius 3 is 2.54 bits per heavy atom. The molecule has 0 aromatic heterocycles. The number of nitrogens with one attached hydrogen (secondary N) is 1. The van der Waals surface area contributed by atoms with Gasteiger partial charge in [-0.1, -0.05) is 69.3 Å². The van der Waals surface area contributed by atoms with Crippen LogP contribution in [-0.4, -0.2) is 29.4 Å². The Balaban J connectivity index is 1.59. The molecule has 5 nitrogen and oxygen atoms in total. The van der Waals surface area contributed by atoms with Crippen LogP contribution in [0.2, 0.25) is 0 Å². The maximum Gasteiger partial charge on any atom is 0.261 e. The van der Waals surface area contributed by atoms with E-state index in [1.165, 1.54) is 12.1 Å². The molecule has 37 heavy (non-hydrogen) atoms. The molecule has 6 heteroatoms. The van der Waals surface area contributed by atoms with Gasteiger partial charge in [0.25, 0.3) is 5.91 Å². The molecule has 4 rings (SSSR count). The highest BCUT2D eigenvalue weighted by Gasteiger charge is 2.33. The highest BCUT2D eigenvalue weighted by atomic mass is 19.1. The van der Waals surface area contributed by atoms with Crippen molar-refractivity contribution in [1.29, 1.82) is 0 Å². The maximum absolute atomic E-state index is 14.2. The Kier molecular flexibility index (Phi) is 8.59. The van der Waals surface area contributed by atoms with E-state index >= 15 is 0 Å². The van der Waals surface area contributed by atoms with Crippen molar-refractivity contribution < 1.29 is 18.7 Å². The smallest absolute Gasteiger partial charge is 0.261 e. The summed E-state index contributed by atoms with van der Waals surface area (Å²) in [5, 5.41) is 2.96. The van der Waals surface area contributed by atoms with Gasteiger partial charge < -0.3 is 15.0 Å². The number of benzene rings is 3. The van der Waals surface area contributed by atoms with E-state index < -0.39 is 12.1 Å². The summed E-state index contributed by atoms with van der Waals surface area (Å²) in [5.41, 5.74) is 3.74. The molecule has 0 saturated heterocycles. The number of hydrogen-bond donors (Lipinski definition) is 1. The minimum Gasteiger partial charge on any atom is -0.481 e. The molecule has 0 radical (unpaired) electrons. The molecule has 1 N–H and O–H groups in total. The van der Waals surface area contributed by atoms with Gasteiger partial charge in [0.2, 0.25) is 5.91 Å². The monoisotopic (exact) mass is 502 g/mol. The van der Waals surface area contributed by atoms with Crippen molar-refractivity contribution >= 4 is 11.8 Å². The quantitative estimate of drug-likeness (QED) is 0.401. The van der Waals surface area contributed by atoms with Gasteiger partial charge in [-0.2, -0.15) is 0 Å². The second-order valence-corrected chi connectivity index (χ2v) is 9.97.